The van der Waals surface area contributed by atoms with Crippen molar-refractivity contribution in [1.29, 1.82) is 0 Å². The molecule has 0 bridgehead atoms. The third-order valence-electron chi connectivity index (χ3n) is 1.93. The van der Waals surface area contributed by atoms with Crippen molar-refractivity contribution < 1.29 is 4.74 Å². The number of rotatable bonds is 4. The monoisotopic (exact) mass is 144 g/mol. The molecule has 10 heavy (non-hydrogen) atoms. The Morgan fingerprint density at radius 3 is 1.90 bits per heavy atom. The maximum atomic E-state index is 5.60. The van der Waals surface area contributed by atoms with Crippen molar-refractivity contribution in [3.05, 3.63) is 0 Å². The van der Waals surface area contributed by atoms with Gasteiger partial charge in [-0.3, -0.25) is 0 Å². The van der Waals surface area contributed by atoms with Gasteiger partial charge in [-0.25, -0.2) is 0 Å². The summed E-state index contributed by atoms with van der Waals surface area (Å²) in [4.78, 5) is 0. The first-order valence-corrected chi connectivity index (χ1v) is 4.23. The Kier molecular flexibility index (Phi) is 4.71. The second kappa shape index (κ2) is 4.73. The lowest BCUT2D eigenvalue weighted by molar-refractivity contribution is -0.0115. The summed E-state index contributed by atoms with van der Waals surface area (Å²) in [6.07, 6.45) is 1.97. The lowest BCUT2D eigenvalue weighted by Crippen LogP contribution is -2.21. The van der Waals surface area contributed by atoms with E-state index in [-0.39, 0.29) is 0 Å². The molecule has 0 heterocycles. The predicted molar refractivity (Wildman–Crippen MR) is 45.1 cm³/mol. The first-order valence-electron chi connectivity index (χ1n) is 4.23. The molecule has 0 amide bonds. The molecule has 0 aliphatic heterocycles. The van der Waals surface area contributed by atoms with Gasteiger partial charge in [-0.1, -0.05) is 20.3 Å². The van der Waals surface area contributed by atoms with E-state index in [4.69, 9.17) is 4.74 Å². The molecule has 1 heteroatoms. The van der Waals surface area contributed by atoms with Crippen LogP contribution in [0.15, 0.2) is 0 Å². The van der Waals surface area contributed by atoms with Gasteiger partial charge in [-0.15, -0.1) is 0 Å². The lowest BCUT2D eigenvalue weighted by Gasteiger charge is -2.21. The van der Waals surface area contributed by atoms with Gasteiger partial charge < -0.3 is 4.74 Å². The van der Waals surface area contributed by atoms with Crippen LogP contribution in [0.1, 0.15) is 41.0 Å². The summed E-state index contributed by atoms with van der Waals surface area (Å²) in [5, 5.41) is 0. The van der Waals surface area contributed by atoms with Crippen molar-refractivity contribution in [3.63, 3.8) is 0 Å². The minimum Gasteiger partial charge on any atom is -0.376 e. The fraction of sp³-hybridized carbons (Fsp3) is 1.00. The van der Waals surface area contributed by atoms with Crippen LogP contribution >= 0.6 is 0 Å². The van der Waals surface area contributed by atoms with E-state index < -0.39 is 0 Å². The minimum atomic E-state index is 0.365. The molecule has 0 saturated carbocycles. The van der Waals surface area contributed by atoms with E-state index >= 15 is 0 Å². The summed E-state index contributed by atoms with van der Waals surface area (Å²) in [6.45, 7) is 10.7. The van der Waals surface area contributed by atoms with Crippen LogP contribution in [0.3, 0.4) is 0 Å². The minimum absolute atomic E-state index is 0.365. The molecule has 0 spiro atoms. The van der Waals surface area contributed by atoms with Crippen LogP contribution in [0, 0.1) is 5.92 Å². The van der Waals surface area contributed by atoms with Crippen molar-refractivity contribution in [1.82, 2.24) is 0 Å². The highest BCUT2D eigenvalue weighted by Gasteiger charge is 2.11. The van der Waals surface area contributed by atoms with Crippen molar-refractivity contribution in [2.45, 2.75) is 53.2 Å². The van der Waals surface area contributed by atoms with E-state index in [2.05, 4.69) is 34.6 Å². The maximum Gasteiger partial charge on any atom is 0.0575 e. The summed E-state index contributed by atoms with van der Waals surface area (Å²) in [7, 11) is 0. The van der Waals surface area contributed by atoms with E-state index in [1.165, 1.54) is 6.42 Å². The van der Waals surface area contributed by atoms with Crippen LogP contribution in [-0.2, 0) is 4.74 Å². The Bertz CT molecular complexity index is 78.8. The van der Waals surface area contributed by atoms with Gasteiger partial charge in [0.2, 0.25) is 0 Å². The summed E-state index contributed by atoms with van der Waals surface area (Å²) in [5.74, 6) is 0.683. The molecule has 0 aliphatic rings. The highest BCUT2D eigenvalue weighted by molar-refractivity contribution is 4.59. The standard InChI is InChI=1S/C9H20O/c1-6-8(4)9(5)10-7(2)3/h7-9H,6H2,1-5H3. The Morgan fingerprint density at radius 1 is 1.10 bits per heavy atom. The lowest BCUT2D eigenvalue weighted by atomic mass is 10.0. The van der Waals surface area contributed by atoms with Crippen molar-refractivity contribution >= 4 is 0 Å². The van der Waals surface area contributed by atoms with Gasteiger partial charge in [0, 0.05) is 0 Å². The molecule has 0 aliphatic carbocycles. The molecule has 2 unspecified atom stereocenters. The third-order valence-corrected chi connectivity index (χ3v) is 1.93. The predicted octanol–water partition coefficient (Wildman–Crippen LogP) is 2.85. The summed E-state index contributed by atoms with van der Waals surface area (Å²) >= 11 is 0. The maximum absolute atomic E-state index is 5.60. The molecule has 0 rings (SSSR count). The Morgan fingerprint density at radius 2 is 1.60 bits per heavy atom. The number of hydrogen-bond donors (Lipinski definition) is 0. The second-order valence-electron chi connectivity index (χ2n) is 3.28. The van der Waals surface area contributed by atoms with E-state index in [9.17, 15) is 0 Å². The molecular weight excluding hydrogens is 124 g/mol. The van der Waals surface area contributed by atoms with E-state index in [0.717, 1.165) is 0 Å². The normalized spacial score (nSPS) is 17.4. The summed E-state index contributed by atoms with van der Waals surface area (Å²) in [5.41, 5.74) is 0. The molecule has 1 nitrogen and oxygen atoms in total. The zero-order chi connectivity index (χ0) is 8.15. The zero-order valence-corrected chi connectivity index (χ0v) is 7.85. The quantitative estimate of drug-likeness (QED) is 0.589. The summed E-state index contributed by atoms with van der Waals surface area (Å²) in [6, 6.07) is 0. The van der Waals surface area contributed by atoms with Crippen molar-refractivity contribution in [2.75, 3.05) is 0 Å². The van der Waals surface area contributed by atoms with Gasteiger partial charge in [-0.2, -0.15) is 0 Å². The van der Waals surface area contributed by atoms with Gasteiger partial charge >= 0.3 is 0 Å². The van der Waals surface area contributed by atoms with Crippen LogP contribution in [0.4, 0.5) is 0 Å². The van der Waals surface area contributed by atoms with Gasteiger partial charge in [0.1, 0.15) is 0 Å². The van der Waals surface area contributed by atoms with Crippen LogP contribution in [-0.4, -0.2) is 12.2 Å². The van der Waals surface area contributed by atoms with Gasteiger partial charge in [0.05, 0.1) is 12.2 Å². The fourth-order valence-corrected chi connectivity index (χ4v) is 0.895. The average molecular weight is 144 g/mol. The van der Waals surface area contributed by atoms with Gasteiger partial charge in [0.15, 0.2) is 0 Å². The highest BCUT2D eigenvalue weighted by Crippen LogP contribution is 2.11. The first-order chi connectivity index (χ1) is 4.57. The molecular formula is C9H20O. The number of ether oxygens (including phenoxy) is 1. The molecule has 0 aromatic heterocycles. The third kappa shape index (κ3) is 3.89. The van der Waals surface area contributed by atoms with E-state index in [1.54, 1.807) is 0 Å². The van der Waals surface area contributed by atoms with Crippen LogP contribution in [0.2, 0.25) is 0 Å². The Labute approximate surface area is 64.8 Å². The van der Waals surface area contributed by atoms with Gasteiger partial charge in [-0.05, 0) is 26.7 Å². The largest absolute Gasteiger partial charge is 0.376 e. The fourth-order valence-electron chi connectivity index (χ4n) is 0.895. The van der Waals surface area contributed by atoms with E-state index in [0.29, 0.717) is 18.1 Å². The Balaban J connectivity index is 3.50. The zero-order valence-electron chi connectivity index (χ0n) is 7.85. The smallest absolute Gasteiger partial charge is 0.0575 e. The van der Waals surface area contributed by atoms with Crippen molar-refractivity contribution in [3.8, 4) is 0 Å². The average Bonchev–Trinajstić information content (AvgIpc) is 1.85. The molecule has 0 aromatic rings. The molecule has 0 radical (unpaired) electrons. The highest BCUT2D eigenvalue weighted by atomic mass is 16.5. The van der Waals surface area contributed by atoms with Crippen molar-refractivity contribution in [2.24, 2.45) is 5.92 Å². The second-order valence-corrected chi connectivity index (χ2v) is 3.28. The summed E-state index contributed by atoms with van der Waals surface area (Å²) < 4.78 is 5.60. The Hall–Kier alpha value is -0.0400. The molecule has 0 aromatic carbocycles. The topological polar surface area (TPSA) is 9.23 Å². The first kappa shape index (κ1) is 9.96. The molecule has 0 fully saturated rings. The van der Waals surface area contributed by atoms with Crippen LogP contribution < -0.4 is 0 Å². The van der Waals surface area contributed by atoms with Crippen LogP contribution in [0.5, 0.6) is 0 Å². The molecule has 62 valence electrons. The molecule has 0 N–H and O–H groups in total. The molecule has 0 saturated heterocycles. The van der Waals surface area contributed by atoms with E-state index in [1.807, 2.05) is 0 Å². The van der Waals surface area contributed by atoms with Gasteiger partial charge in [0.25, 0.3) is 0 Å². The SMILES string of the molecule is CCC(C)C(C)OC(C)C. The number of hydrogen-bond acceptors (Lipinski definition) is 1. The molecule has 2 atom stereocenters. The van der Waals surface area contributed by atoms with Crippen LogP contribution in [0.25, 0.3) is 0 Å².